The van der Waals surface area contributed by atoms with Crippen molar-refractivity contribution in [3.63, 3.8) is 0 Å². The minimum atomic E-state index is -1.04. The smallest absolute Gasteiger partial charge is 0.328 e. The Labute approximate surface area is 117 Å². The molecule has 0 radical (unpaired) electrons. The summed E-state index contributed by atoms with van der Waals surface area (Å²) >= 11 is 0. The van der Waals surface area contributed by atoms with Gasteiger partial charge in [0.1, 0.15) is 5.69 Å². The molecular formula is C14H18N2O4. The van der Waals surface area contributed by atoms with Crippen LogP contribution in [0.1, 0.15) is 29.9 Å². The van der Waals surface area contributed by atoms with Gasteiger partial charge < -0.3 is 15.1 Å². The SMILES string of the molecule is CC(C)N(CCO)C(=O)c1ccc(C=CC(=O)O)cn1. The normalized spacial score (nSPS) is 11.0. The minimum Gasteiger partial charge on any atom is -0.478 e. The maximum atomic E-state index is 12.2. The van der Waals surface area contributed by atoms with Gasteiger partial charge in [0.15, 0.2) is 0 Å². The van der Waals surface area contributed by atoms with E-state index in [9.17, 15) is 9.59 Å². The number of rotatable bonds is 6. The summed E-state index contributed by atoms with van der Waals surface area (Å²) in [7, 11) is 0. The van der Waals surface area contributed by atoms with Crippen molar-refractivity contribution in [3.05, 3.63) is 35.7 Å². The number of carboxylic acid groups (broad SMARTS) is 1. The Kier molecular flexibility index (Phi) is 5.86. The van der Waals surface area contributed by atoms with E-state index in [2.05, 4.69) is 4.98 Å². The lowest BCUT2D eigenvalue weighted by molar-refractivity contribution is -0.131. The molecule has 1 aromatic rings. The molecule has 0 saturated heterocycles. The molecule has 20 heavy (non-hydrogen) atoms. The van der Waals surface area contributed by atoms with Crippen molar-refractivity contribution in [3.8, 4) is 0 Å². The Balaban J connectivity index is 2.86. The number of amides is 1. The Morgan fingerprint density at radius 3 is 2.55 bits per heavy atom. The molecule has 0 unspecified atom stereocenters. The van der Waals surface area contributed by atoms with Crippen LogP contribution in [0, 0.1) is 0 Å². The first kappa shape index (κ1) is 15.8. The van der Waals surface area contributed by atoms with E-state index in [-0.39, 0.29) is 30.8 Å². The summed E-state index contributed by atoms with van der Waals surface area (Å²) in [6.07, 6.45) is 3.84. The molecule has 0 atom stereocenters. The standard InChI is InChI=1S/C14H18N2O4/c1-10(2)16(7-8-17)14(20)12-5-3-11(9-15-12)4-6-13(18)19/h3-6,9-10,17H,7-8H2,1-2H3,(H,18,19). The number of hydrogen-bond donors (Lipinski definition) is 2. The van der Waals surface area contributed by atoms with Crippen LogP contribution in [0.3, 0.4) is 0 Å². The fourth-order valence-corrected chi connectivity index (χ4v) is 1.65. The summed E-state index contributed by atoms with van der Waals surface area (Å²) in [5, 5.41) is 17.5. The molecule has 0 fully saturated rings. The molecule has 0 aliphatic carbocycles. The molecule has 0 bridgehead atoms. The molecule has 108 valence electrons. The highest BCUT2D eigenvalue weighted by Gasteiger charge is 2.18. The molecule has 1 rings (SSSR count). The van der Waals surface area contributed by atoms with Crippen LogP contribution in [0.5, 0.6) is 0 Å². The van der Waals surface area contributed by atoms with E-state index < -0.39 is 5.97 Å². The van der Waals surface area contributed by atoms with Crippen molar-refractivity contribution in [1.29, 1.82) is 0 Å². The van der Waals surface area contributed by atoms with Gasteiger partial charge in [-0.3, -0.25) is 9.78 Å². The zero-order valence-electron chi connectivity index (χ0n) is 11.5. The predicted molar refractivity (Wildman–Crippen MR) is 74.2 cm³/mol. The van der Waals surface area contributed by atoms with Gasteiger partial charge in [0.05, 0.1) is 6.61 Å². The zero-order valence-corrected chi connectivity index (χ0v) is 11.5. The lowest BCUT2D eigenvalue weighted by Gasteiger charge is -2.25. The Hall–Kier alpha value is -2.21. The Bertz CT molecular complexity index is 494. The largest absolute Gasteiger partial charge is 0.478 e. The molecule has 1 heterocycles. The van der Waals surface area contributed by atoms with Crippen LogP contribution in [0.25, 0.3) is 6.08 Å². The highest BCUT2D eigenvalue weighted by atomic mass is 16.4. The van der Waals surface area contributed by atoms with E-state index in [4.69, 9.17) is 10.2 Å². The van der Waals surface area contributed by atoms with Gasteiger partial charge in [0, 0.05) is 24.9 Å². The molecule has 6 nitrogen and oxygen atoms in total. The molecular weight excluding hydrogens is 260 g/mol. The van der Waals surface area contributed by atoms with E-state index >= 15 is 0 Å². The lowest BCUT2D eigenvalue weighted by atomic mass is 10.2. The van der Waals surface area contributed by atoms with Gasteiger partial charge in [0.2, 0.25) is 0 Å². The lowest BCUT2D eigenvalue weighted by Crippen LogP contribution is -2.39. The molecule has 6 heteroatoms. The van der Waals surface area contributed by atoms with Gasteiger partial charge in [-0.15, -0.1) is 0 Å². The number of pyridine rings is 1. The Morgan fingerprint density at radius 2 is 2.10 bits per heavy atom. The minimum absolute atomic E-state index is 0.0389. The molecule has 0 spiro atoms. The fourth-order valence-electron chi connectivity index (χ4n) is 1.65. The summed E-state index contributed by atoms with van der Waals surface area (Å²) < 4.78 is 0. The number of aliphatic hydroxyl groups excluding tert-OH is 1. The second kappa shape index (κ2) is 7.40. The van der Waals surface area contributed by atoms with Crippen LogP contribution in [0.2, 0.25) is 0 Å². The van der Waals surface area contributed by atoms with Crippen LogP contribution in [-0.4, -0.2) is 51.2 Å². The van der Waals surface area contributed by atoms with Crippen LogP contribution in [0.15, 0.2) is 24.4 Å². The topological polar surface area (TPSA) is 90.7 Å². The maximum absolute atomic E-state index is 12.2. The van der Waals surface area contributed by atoms with Crippen molar-refractivity contribution in [2.24, 2.45) is 0 Å². The van der Waals surface area contributed by atoms with Gasteiger partial charge in [0.25, 0.3) is 5.91 Å². The average molecular weight is 278 g/mol. The van der Waals surface area contributed by atoms with Gasteiger partial charge in [-0.2, -0.15) is 0 Å². The van der Waals surface area contributed by atoms with Gasteiger partial charge in [-0.05, 0) is 31.6 Å². The van der Waals surface area contributed by atoms with Crippen LogP contribution in [-0.2, 0) is 4.79 Å². The monoisotopic (exact) mass is 278 g/mol. The van der Waals surface area contributed by atoms with Gasteiger partial charge >= 0.3 is 5.97 Å². The third-order valence-electron chi connectivity index (χ3n) is 2.65. The summed E-state index contributed by atoms with van der Waals surface area (Å²) in [5.74, 6) is -1.30. The van der Waals surface area contributed by atoms with Crippen LogP contribution < -0.4 is 0 Å². The van der Waals surface area contributed by atoms with Crippen molar-refractivity contribution in [1.82, 2.24) is 9.88 Å². The van der Waals surface area contributed by atoms with Crippen LogP contribution in [0.4, 0.5) is 0 Å². The number of carbonyl (C=O) groups excluding carboxylic acids is 1. The molecule has 1 aromatic heterocycles. The summed E-state index contributed by atoms with van der Waals surface area (Å²) in [6.45, 7) is 3.86. The fraction of sp³-hybridized carbons (Fsp3) is 0.357. The third-order valence-corrected chi connectivity index (χ3v) is 2.65. The van der Waals surface area contributed by atoms with E-state index in [0.717, 1.165) is 6.08 Å². The number of aliphatic carboxylic acids is 1. The average Bonchev–Trinajstić information content (AvgIpc) is 2.42. The van der Waals surface area contributed by atoms with E-state index in [1.54, 1.807) is 6.07 Å². The highest BCUT2D eigenvalue weighted by Crippen LogP contribution is 2.08. The predicted octanol–water partition coefficient (Wildman–Crippen LogP) is 1.02. The van der Waals surface area contributed by atoms with E-state index in [0.29, 0.717) is 5.56 Å². The van der Waals surface area contributed by atoms with Crippen molar-refractivity contribution in [2.75, 3.05) is 13.2 Å². The summed E-state index contributed by atoms with van der Waals surface area (Å²) in [5.41, 5.74) is 0.863. The molecule has 2 N–H and O–H groups in total. The number of nitrogens with zero attached hydrogens (tertiary/aromatic N) is 2. The number of carboxylic acids is 1. The first-order valence-electron chi connectivity index (χ1n) is 6.24. The molecule has 0 aliphatic heterocycles. The highest BCUT2D eigenvalue weighted by molar-refractivity contribution is 5.92. The third kappa shape index (κ3) is 4.47. The number of hydrogen-bond acceptors (Lipinski definition) is 4. The van der Waals surface area contributed by atoms with Crippen LogP contribution >= 0.6 is 0 Å². The molecule has 0 aliphatic rings. The molecule has 0 aromatic carbocycles. The summed E-state index contributed by atoms with van der Waals surface area (Å²) in [6, 6.07) is 3.12. The summed E-state index contributed by atoms with van der Waals surface area (Å²) in [4.78, 5) is 28.1. The van der Waals surface area contributed by atoms with Gasteiger partial charge in [-0.25, -0.2) is 4.79 Å². The number of carbonyl (C=O) groups is 2. The second-order valence-electron chi connectivity index (χ2n) is 4.46. The second-order valence-corrected chi connectivity index (χ2v) is 4.46. The van der Waals surface area contributed by atoms with E-state index in [1.807, 2.05) is 13.8 Å². The van der Waals surface area contributed by atoms with Crippen molar-refractivity contribution >= 4 is 18.0 Å². The molecule has 0 saturated carbocycles. The zero-order chi connectivity index (χ0) is 15.1. The first-order chi connectivity index (χ1) is 9.45. The van der Waals surface area contributed by atoms with Gasteiger partial charge in [-0.1, -0.05) is 6.07 Å². The Morgan fingerprint density at radius 1 is 1.40 bits per heavy atom. The van der Waals surface area contributed by atoms with E-state index in [1.165, 1.54) is 23.2 Å². The van der Waals surface area contributed by atoms with Crippen molar-refractivity contribution in [2.45, 2.75) is 19.9 Å². The molecule has 1 amide bonds. The maximum Gasteiger partial charge on any atom is 0.328 e. The quantitative estimate of drug-likeness (QED) is 0.758. The number of aliphatic hydroxyl groups is 1. The number of aromatic nitrogens is 1. The first-order valence-corrected chi connectivity index (χ1v) is 6.24. The van der Waals surface area contributed by atoms with Crippen molar-refractivity contribution < 1.29 is 19.8 Å².